The topological polar surface area (TPSA) is 136 Å². The van der Waals surface area contributed by atoms with Crippen LogP contribution in [0.15, 0.2) is 59.8 Å². The molecule has 3 aromatic heterocycles. The first-order valence-electron chi connectivity index (χ1n) is 13.9. The fourth-order valence-corrected chi connectivity index (χ4v) is 6.77. The zero-order chi connectivity index (χ0) is 29.4. The number of morpholine rings is 1. The maximum Gasteiger partial charge on any atom is 0.251 e. The van der Waals surface area contributed by atoms with E-state index in [1.165, 1.54) is 6.07 Å². The number of aromatic nitrogens is 4. The molecule has 2 aliphatic rings. The van der Waals surface area contributed by atoms with Gasteiger partial charge in [-0.05, 0) is 56.7 Å². The lowest BCUT2D eigenvalue weighted by atomic mass is 10.1. The van der Waals surface area contributed by atoms with E-state index in [4.69, 9.17) is 19.4 Å². The average Bonchev–Trinajstić information content (AvgIpc) is 3.09. The Bertz CT molecular complexity index is 1750. The average molecular weight is 589 g/mol. The van der Waals surface area contributed by atoms with E-state index >= 15 is 0 Å². The van der Waals surface area contributed by atoms with Crippen LogP contribution in [0.25, 0.3) is 22.4 Å². The van der Waals surface area contributed by atoms with Crippen molar-refractivity contribution in [2.24, 2.45) is 0 Å². The quantitative estimate of drug-likeness (QED) is 0.370. The predicted octanol–water partition coefficient (Wildman–Crippen LogP) is 3.32. The number of amides is 1. The molecule has 5 heterocycles. The van der Waals surface area contributed by atoms with E-state index < -0.39 is 21.0 Å². The predicted molar refractivity (Wildman–Crippen MR) is 157 cm³/mol. The number of pyridine rings is 2. The lowest BCUT2D eigenvalue weighted by molar-refractivity contribution is -0.00545. The maximum absolute atomic E-state index is 13.0. The molecule has 0 unspecified atom stereocenters. The number of carbonyl (C=O) groups excluding carboxylic acids is 1. The van der Waals surface area contributed by atoms with Gasteiger partial charge in [0.1, 0.15) is 17.0 Å². The number of fused-ring (bicyclic) bond motifs is 2. The van der Waals surface area contributed by atoms with Crippen molar-refractivity contribution >= 4 is 32.6 Å². The van der Waals surface area contributed by atoms with Gasteiger partial charge < -0.3 is 19.7 Å². The summed E-state index contributed by atoms with van der Waals surface area (Å²) in [7, 11) is -3.59. The summed E-state index contributed by atoms with van der Waals surface area (Å²) in [6, 6.07) is 12.3. The monoisotopic (exact) mass is 588 g/mol. The molecule has 0 bridgehead atoms. The second kappa shape index (κ2) is 11.3. The number of rotatable bonds is 5. The Hall–Kier alpha value is -4.00. The molecule has 12 heteroatoms. The largest absolute Gasteiger partial charge is 0.375 e. The maximum atomic E-state index is 13.0. The molecule has 2 aliphatic heterocycles. The molecule has 1 fully saturated rings. The molecular weight excluding hydrogens is 556 g/mol. The first-order chi connectivity index (χ1) is 20.2. The number of hydrogen-bond acceptors (Lipinski definition) is 10. The molecule has 11 nitrogen and oxygen atoms in total. The first kappa shape index (κ1) is 28.1. The van der Waals surface area contributed by atoms with Crippen molar-refractivity contribution in [1.82, 2.24) is 25.3 Å². The Balaban J connectivity index is 1.19. The third-order valence-corrected chi connectivity index (χ3v) is 9.62. The van der Waals surface area contributed by atoms with Gasteiger partial charge >= 0.3 is 0 Å². The van der Waals surface area contributed by atoms with Crippen LogP contribution in [0.3, 0.4) is 0 Å². The summed E-state index contributed by atoms with van der Waals surface area (Å²) in [4.78, 5) is 33.9. The van der Waals surface area contributed by atoms with Crippen LogP contribution in [0.5, 0.6) is 0 Å². The molecule has 3 atom stereocenters. The minimum atomic E-state index is -3.59. The van der Waals surface area contributed by atoms with Crippen LogP contribution in [0.4, 0.5) is 5.82 Å². The second-order valence-corrected chi connectivity index (χ2v) is 13.2. The van der Waals surface area contributed by atoms with Gasteiger partial charge in [0, 0.05) is 18.7 Å². The van der Waals surface area contributed by atoms with Crippen molar-refractivity contribution < 1.29 is 22.7 Å². The molecular formula is C30H32N6O5S. The molecule has 42 heavy (non-hydrogen) atoms. The van der Waals surface area contributed by atoms with E-state index in [2.05, 4.69) is 34.0 Å². The van der Waals surface area contributed by atoms with Gasteiger partial charge in [0.25, 0.3) is 5.91 Å². The third-order valence-electron chi connectivity index (χ3n) is 7.43. The highest BCUT2D eigenvalue weighted by molar-refractivity contribution is 7.92. The number of ether oxygens (including phenoxy) is 2. The fraction of sp³-hybridized carbons (Fsp3) is 0.367. The highest BCUT2D eigenvalue weighted by Gasteiger charge is 2.30. The molecule has 0 saturated carbocycles. The molecule has 1 N–H and O–H groups in total. The van der Waals surface area contributed by atoms with E-state index in [9.17, 15) is 13.2 Å². The molecule has 0 radical (unpaired) electrons. The highest BCUT2D eigenvalue weighted by atomic mass is 32.2. The SMILES string of the molecule is C[C@@H]1CN(c2cccc(-c3cnc4cnc(CNC(=O)c5ccc6c(c5)S(=O)(=O)[C@@H](C)COC6)cc4n3)n2)C[C@H](C)O1. The number of sulfone groups is 1. The standard InChI is InChI=1S/C30H32N6O5S/c1-18-14-36(15-19(2)41-18)29-6-4-5-24(35-29)27-13-32-26-12-31-23(10-25(26)34-27)11-33-30(37)21-7-8-22-17-40-16-20(3)42(38,39)28(22)9-21/h4-10,12-13,18-20H,11,14-17H2,1-3H3,(H,33,37)/t18-,19+,20-/m0/s1. The van der Waals surface area contributed by atoms with Gasteiger partial charge in [0.2, 0.25) is 0 Å². The van der Waals surface area contributed by atoms with E-state index in [1.807, 2.05) is 18.2 Å². The molecule has 0 spiro atoms. The van der Waals surface area contributed by atoms with Gasteiger partial charge in [-0.1, -0.05) is 12.1 Å². The van der Waals surface area contributed by atoms with Crippen molar-refractivity contribution in [3.8, 4) is 11.4 Å². The van der Waals surface area contributed by atoms with Crippen molar-refractivity contribution in [3.05, 3.63) is 71.7 Å². The number of carbonyl (C=O) groups is 1. The van der Waals surface area contributed by atoms with Gasteiger partial charge in [0.05, 0.1) is 71.4 Å². The summed E-state index contributed by atoms with van der Waals surface area (Å²) in [5.41, 5.74) is 3.97. The van der Waals surface area contributed by atoms with Crippen molar-refractivity contribution in [2.75, 3.05) is 24.6 Å². The summed E-state index contributed by atoms with van der Waals surface area (Å²) < 4.78 is 37.2. The lowest BCUT2D eigenvalue weighted by Crippen LogP contribution is -2.45. The van der Waals surface area contributed by atoms with E-state index in [1.54, 1.807) is 37.5 Å². The summed E-state index contributed by atoms with van der Waals surface area (Å²) in [6.07, 6.45) is 3.54. The van der Waals surface area contributed by atoms with E-state index in [0.717, 1.165) is 18.9 Å². The molecule has 6 rings (SSSR count). The molecule has 0 aliphatic carbocycles. The molecule has 1 amide bonds. The van der Waals surface area contributed by atoms with Gasteiger partial charge in [-0.2, -0.15) is 0 Å². The first-order valence-corrected chi connectivity index (χ1v) is 15.4. The van der Waals surface area contributed by atoms with Gasteiger partial charge in [0.15, 0.2) is 9.84 Å². The van der Waals surface area contributed by atoms with Crippen LogP contribution in [-0.4, -0.2) is 71.4 Å². The molecule has 4 aromatic rings. The Morgan fingerprint density at radius 1 is 0.976 bits per heavy atom. The zero-order valence-corrected chi connectivity index (χ0v) is 24.5. The summed E-state index contributed by atoms with van der Waals surface area (Å²) >= 11 is 0. The Kier molecular flexibility index (Phi) is 7.60. The van der Waals surface area contributed by atoms with Gasteiger partial charge in [-0.15, -0.1) is 0 Å². The van der Waals surface area contributed by atoms with Crippen molar-refractivity contribution in [1.29, 1.82) is 0 Å². The van der Waals surface area contributed by atoms with Crippen LogP contribution >= 0.6 is 0 Å². The molecule has 1 saturated heterocycles. The van der Waals surface area contributed by atoms with Crippen molar-refractivity contribution in [3.63, 3.8) is 0 Å². The Morgan fingerprint density at radius 2 is 1.79 bits per heavy atom. The van der Waals surface area contributed by atoms with Crippen LogP contribution in [-0.2, 0) is 32.5 Å². The Labute approximate surface area is 244 Å². The minimum Gasteiger partial charge on any atom is -0.375 e. The fourth-order valence-electron chi connectivity index (χ4n) is 5.28. The molecule has 218 valence electrons. The number of anilines is 1. The minimum absolute atomic E-state index is 0.116. The number of hydrogen-bond donors (Lipinski definition) is 1. The van der Waals surface area contributed by atoms with Crippen LogP contribution in [0.2, 0.25) is 0 Å². The van der Waals surface area contributed by atoms with Crippen LogP contribution in [0, 0.1) is 0 Å². The Morgan fingerprint density at radius 3 is 2.60 bits per heavy atom. The number of nitrogens with zero attached hydrogens (tertiary/aromatic N) is 5. The van der Waals surface area contributed by atoms with Crippen LogP contribution < -0.4 is 10.2 Å². The third kappa shape index (κ3) is 5.69. The summed E-state index contributed by atoms with van der Waals surface area (Å²) in [5, 5.41) is 2.15. The van der Waals surface area contributed by atoms with Gasteiger partial charge in [-0.3, -0.25) is 14.8 Å². The highest BCUT2D eigenvalue weighted by Crippen LogP contribution is 2.27. The number of benzene rings is 1. The second-order valence-electron chi connectivity index (χ2n) is 10.8. The van der Waals surface area contributed by atoms with Gasteiger partial charge in [-0.25, -0.2) is 18.4 Å². The normalized spacial score (nSPS) is 21.9. The lowest BCUT2D eigenvalue weighted by Gasteiger charge is -2.36. The van der Waals surface area contributed by atoms with E-state index in [0.29, 0.717) is 33.7 Å². The van der Waals surface area contributed by atoms with E-state index in [-0.39, 0.29) is 42.4 Å². The molecule has 1 aromatic carbocycles. The number of nitrogens with one attached hydrogen (secondary N) is 1. The van der Waals surface area contributed by atoms with Crippen molar-refractivity contribution in [2.45, 2.75) is 56.3 Å². The summed E-state index contributed by atoms with van der Waals surface area (Å²) in [5.74, 6) is 0.461. The summed E-state index contributed by atoms with van der Waals surface area (Å²) in [6.45, 7) is 7.69. The zero-order valence-electron chi connectivity index (χ0n) is 23.6. The van der Waals surface area contributed by atoms with Crippen LogP contribution in [0.1, 0.15) is 42.4 Å². The smallest absolute Gasteiger partial charge is 0.251 e.